The Kier molecular flexibility index (Phi) is 4.02. The van der Waals surface area contributed by atoms with Crippen LogP contribution in [0.4, 0.5) is 4.39 Å². The molecule has 0 saturated carbocycles. The van der Waals surface area contributed by atoms with Crippen LogP contribution >= 0.6 is 15.9 Å². The molecular weight excluding hydrogens is 337 g/mol. The van der Waals surface area contributed by atoms with Gasteiger partial charge in [0.2, 0.25) is 10.0 Å². The summed E-state index contributed by atoms with van der Waals surface area (Å²) in [6.45, 7) is 1.61. The fourth-order valence-electron chi connectivity index (χ4n) is 1.41. The van der Waals surface area contributed by atoms with Crippen molar-refractivity contribution in [2.75, 3.05) is 0 Å². The molecule has 0 spiro atoms. The molecule has 1 aromatic carbocycles. The first-order valence-corrected chi connectivity index (χ1v) is 7.61. The maximum absolute atomic E-state index is 13.4. The molecule has 0 radical (unpaired) electrons. The lowest BCUT2D eigenvalue weighted by Crippen LogP contribution is -2.23. The van der Waals surface area contributed by atoms with E-state index in [-0.39, 0.29) is 11.4 Å². The van der Waals surface area contributed by atoms with E-state index >= 15 is 0 Å². The van der Waals surface area contributed by atoms with Crippen molar-refractivity contribution in [1.82, 2.24) is 14.9 Å². The normalized spacial score (nSPS) is 11.7. The predicted octanol–water partition coefficient (Wildman–Crippen LogP) is 2.10. The molecule has 0 atom stereocenters. The highest BCUT2D eigenvalue weighted by molar-refractivity contribution is 9.10. The SMILES string of the molecule is Cc1ccc(S(=O)(=O)NCc2[nH]ncc2Br)cc1F. The lowest BCUT2D eigenvalue weighted by Gasteiger charge is -2.07. The van der Waals surface area contributed by atoms with Gasteiger partial charge in [-0.05, 0) is 40.5 Å². The van der Waals surface area contributed by atoms with E-state index in [4.69, 9.17) is 0 Å². The molecule has 1 aromatic heterocycles. The van der Waals surface area contributed by atoms with Gasteiger partial charge >= 0.3 is 0 Å². The number of halogens is 2. The number of nitrogens with one attached hydrogen (secondary N) is 2. The molecule has 102 valence electrons. The Morgan fingerprint density at radius 2 is 2.21 bits per heavy atom. The number of nitrogens with zero attached hydrogens (tertiary/aromatic N) is 1. The van der Waals surface area contributed by atoms with Gasteiger partial charge in [0.15, 0.2) is 0 Å². The van der Waals surface area contributed by atoms with E-state index in [9.17, 15) is 12.8 Å². The Bertz CT molecular complexity index is 700. The largest absolute Gasteiger partial charge is 0.280 e. The number of hydrogen-bond donors (Lipinski definition) is 2. The number of aryl methyl sites for hydroxylation is 1. The third kappa shape index (κ3) is 3.20. The van der Waals surface area contributed by atoms with Gasteiger partial charge in [-0.25, -0.2) is 17.5 Å². The molecule has 0 saturated heterocycles. The Morgan fingerprint density at radius 3 is 2.79 bits per heavy atom. The van der Waals surface area contributed by atoms with E-state index in [1.54, 1.807) is 6.92 Å². The quantitative estimate of drug-likeness (QED) is 0.889. The number of aromatic amines is 1. The summed E-state index contributed by atoms with van der Waals surface area (Å²) in [5.74, 6) is -0.550. The van der Waals surface area contributed by atoms with Gasteiger partial charge in [-0.1, -0.05) is 6.07 Å². The van der Waals surface area contributed by atoms with Gasteiger partial charge in [-0.15, -0.1) is 0 Å². The second kappa shape index (κ2) is 5.40. The second-order valence-electron chi connectivity index (χ2n) is 3.93. The number of rotatable bonds is 4. The first-order valence-electron chi connectivity index (χ1n) is 5.34. The topological polar surface area (TPSA) is 74.8 Å². The highest BCUT2D eigenvalue weighted by atomic mass is 79.9. The van der Waals surface area contributed by atoms with Crippen molar-refractivity contribution in [3.63, 3.8) is 0 Å². The van der Waals surface area contributed by atoms with Crippen LogP contribution in [0.5, 0.6) is 0 Å². The van der Waals surface area contributed by atoms with Crippen molar-refractivity contribution in [3.8, 4) is 0 Å². The van der Waals surface area contributed by atoms with Crippen molar-refractivity contribution in [1.29, 1.82) is 0 Å². The summed E-state index contributed by atoms with van der Waals surface area (Å²) >= 11 is 3.22. The number of H-pyrrole nitrogens is 1. The predicted molar refractivity (Wildman–Crippen MR) is 71.5 cm³/mol. The Labute approximate surface area is 118 Å². The zero-order valence-corrected chi connectivity index (χ0v) is 12.3. The third-order valence-corrected chi connectivity index (χ3v) is 4.64. The van der Waals surface area contributed by atoms with Crippen molar-refractivity contribution < 1.29 is 12.8 Å². The first-order chi connectivity index (χ1) is 8.90. The molecule has 19 heavy (non-hydrogen) atoms. The van der Waals surface area contributed by atoms with Crippen LogP contribution in [-0.4, -0.2) is 18.6 Å². The molecule has 0 aliphatic heterocycles. The highest BCUT2D eigenvalue weighted by Gasteiger charge is 2.16. The van der Waals surface area contributed by atoms with Crippen LogP contribution < -0.4 is 4.72 Å². The molecule has 0 aliphatic carbocycles. The standard InChI is InChI=1S/C11H11BrFN3O2S/c1-7-2-3-8(4-10(7)13)19(17,18)15-6-11-9(12)5-14-16-11/h2-5,15H,6H2,1H3,(H,14,16). The molecule has 5 nitrogen and oxygen atoms in total. The first kappa shape index (κ1) is 14.2. The zero-order valence-electron chi connectivity index (χ0n) is 9.94. The van der Waals surface area contributed by atoms with Crippen LogP contribution in [0.15, 0.2) is 33.8 Å². The van der Waals surface area contributed by atoms with Crippen LogP contribution in [0.1, 0.15) is 11.3 Å². The van der Waals surface area contributed by atoms with E-state index < -0.39 is 15.8 Å². The van der Waals surface area contributed by atoms with Crippen molar-refractivity contribution in [2.45, 2.75) is 18.4 Å². The third-order valence-electron chi connectivity index (χ3n) is 2.56. The fraction of sp³-hybridized carbons (Fsp3) is 0.182. The molecule has 0 fully saturated rings. The van der Waals surface area contributed by atoms with Gasteiger partial charge < -0.3 is 0 Å². The molecule has 0 aliphatic rings. The average molecular weight is 348 g/mol. The minimum absolute atomic E-state index is 0.0401. The van der Waals surface area contributed by atoms with Crippen LogP contribution in [0, 0.1) is 12.7 Å². The minimum atomic E-state index is -3.75. The van der Waals surface area contributed by atoms with Gasteiger partial charge in [0.05, 0.1) is 27.8 Å². The second-order valence-corrected chi connectivity index (χ2v) is 6.55. The van der Waals surface area contributed by atoms with Gasteiger partial charge in [-0.3, -0.25) is 5.10 Å². The zero-order chi connectivity index (χ0) is 14.0. The average Bonchev–Trinajstić information content (AvgIpc) is 2.76. The van der Waals surface area contributed by atoms with Crippen LogP contribution in [0.2, 0.25) is 0 Å². The summed E-state index contributed by atoms with van der Waals surface area (Å²) in [6.07, 6.45) is 1.52. The van der Waals surface area contributed by atoms with E-state index in [1.807, 2.05) is 0 Å². The lowest BCUT2D eigenvalue weighted by molar-refractivity contribution is 0.575. The van der Waals surface area contributed by atoms with E-state index in [0.717, 1.165) is 6.07 Å². The summed E-state index contributed by atoms with van der Waals surface area (Å²) in [6, 6.07) is 3.79. The van der Waals surface area contributed by atoms with Crippen LogP contribution in [0.3, 0.4) is 0 Å². The van der Waals surface area contributed by atoms with Gasteiger partial charge in [0.25, 0.3) is 0 Å². The molecule has 0 unspecified atom stereocenters. The van der Waals surface area contributed by atoms with E-state index in [1.165, 1.54) is 18.3 Å². The minimum Gasteiger partial charge on any atom is -0.280 e. The van der Waals surface area contributed by atoms with Gasteiger partial charge in [-0.2, -0.15) is 5.10 Å². The molecule has 8 heteroatoms. The monoisotopic (exact) mass is 347 g/mol. The lowest BCUT2D eigenvalue weighted by atomic mass is 10.2. The summed E-state index contributed by atoms with van der Waals surface area (Å²) in [5.41, 5.74) is 0.992. The van der Waals surface area contributed by atoms with Gasteiger partial charge in [0.1, 0.15) is 5.82 Å². The molecular formula is C11H11BrFN3O2S. The number of hydrogen-bond acceptors (Lipinski definition) is 3. The molecule has 2 aromatic rings. The Hall–Kier alpha value is -1.25. The highest BCUT2D eigenvalue weighted by Crippen LogP contribution is 2.16. The van der Waals surface area contributed by atoms with Crippen molar-refractivity contribution in [3.05, 3.63) is 45.9 Å². The van der Waals surface area contributed by atoms with Crippen LogP contribution in [-0.2, 0) is 16.6 Å². The molecule has 0 bridgehead atoms. The Morgan fingerprint density at radius 1 is 1.47 bits per heavy atom. The van der Waals surface area contributed by atoms with E-state index in [2.05, 4.69) is 30.8 Å². The molecule has 0 amide bonds. The van der Waals surface area contributed by atoms with Crippen molar-refractivity contribution in [2.24, 2.45) is 0 Å². The number of aromatic nitrogens is 2. The molecule has 2 rings (SSSR count). The number of sulfonamides is 1. The Balaban J connectivity index is 2.18. The van der Waals surface area contributed by atoms with Crippen molar-refractivity contribution >= 4 is 26.0 Å². The summed E-state index contributed by atoms with van der Waals surface area (Å²) < 4.78 is 40.4. The maximum Gasteiger partial charge on any atom is 0.241 e. The smallest absolute Gasteiger partial charge is 0.241 e. The molecule has 1 heterocycles. The summed E-state index contributed by atoms with van der Waals surface area (Å²) in [7, 11) is -3.75. The summed E-state index contributed by atoms with van der Waals surface area (Å²) in [4.78, 5) is -0.105. The maximum atomic E-state index is 13.4. The van der Waals surface area contributed by atoms with Gasteiger partial charge in [0, 0.05) is 0 Å². The number of benzene rings is 1. The van der Waals surface area contributed by atoms with E-state index in [0.29, 0.717) is 15.7 Å². The fourth-order valence-corrected chi connectivity index (χ4v) is 2.75. The summed E-state index contributed by atoms with van der Waals surface area (Å²) in [5, 5.41) is 6.41. The molecule has 2 N–H and O–H groups in total. The van der Waals surface area contributed by atoms with Crippen LogP contribution in [0.25, 0.3) is 0 Å².